The average Bonchev–Trinajstić information content (AvgIpc) is 2.10. The minimum atomic E-state index is -0.721. The number of hydrogen-bond donors (Lipinski definition) is 5. The van der Waals surface area contributed by atoms with E-state index in [0.717, 1.165) is 0 Å². The fourth-order valence-electron chi connectivity index (χ4n) is 0.853. The maximum Gasteiger partial charge on any atom is 0.265 e. The van der Waals surface area contributed by atoms with Gasteiger partial charge in [-0.05, 0) is 12.8 Å². The maximum absolute atomic E-state index is 11.1. The number of nitrogens with two attached hydrogens (primary N) is 5. The highest BCUT2D eigenvalue weighted by Gasteiger charge is 2.11. The summed E-state index contributed by atoms with van der Waals surface area (Å²) in [6.07, 6.45) is 1.01. The van der Waals surface area contributed by atoms with E-state index in [2.05, 4.69) is 9.98 Å². The first-order valence-electron chi connectivity index (χ1n) is 4.38. The third-order valence-electron chi connectivity index (χ3n) is 1.52. The van der Waals surface area contributed by atoms with Crippen molar-refractivity contribution in [2.24, 2.45) is 38.7 Å². The summed E-state index contributed by atoms with van der Waals surface area (Å²) >= 11 is 0. The zero-order chi connectivity index (χ0) is 11.8. The van der Waals surface area contributed by atoms with Gasteiger partial charge in [0.25, 0.3) is 5.91 Å². The van der Waals surface area contributed by atoms with E-state index in [1.54, 1.807) is 0 Å². The number of carbonyl (C=O) groups excluding carboxylic acids is 1. The van der Waals surface area contributed by atoms with E-state index in [1.165, 1.54) is 0 Å². The lowest BCUT2D eigenvalue weighted by atomic mass is 10.1. The van der Waals surface area contributed by atoms with Crippen molar-refractivity contribution in [3.63, 3.8) is 0 Å². The molecule has 0 aliphatic carbocycles. The number of rotatable bonds is 5. The van der Waals surface area contributed by atoms with Crippen molar-refractivity contribution in [3.05, 3.63) is 0 Å². The first kappa shape index (κ1) is 13.2. The highest BCUT2D eigenvalue weighted by atomic mass is 16.1. The summed E-state index contributed by atoms with van der Waals surface area (Å²) in [7, 11) is 0. The van der Waals surface area contributed by atoms with Crippen LogP contribution in [0.4, 0.5) is 0 Å². The Hall–Kier alpha value is -1.83. The van der Waals surface area contributed by atoms with Crippen molar-refractivity contribution >= 4 is 17.8 Å². The van der Waals surface area contributed by atoms with E-state index in [1.807, 2.05) is 0 Å². The number of carbonyl (C=O) groups is 1. The Labute approximate surface area is 87.6 Å². The van der Waals surface area contributed by atoms with E-state index in [4.69, 9.17) is 28.7 Å². The maximum atomic E-state index is 11.1. The largest absolute Gasteiger partial charge is 0.370 e. The molecule has 15 heavy (non-hydrogen) atoms. The van der Waals surface area contributed by atoms with Crippen LogP contribution in [0, 0.1) is 0 Å². The number of nitrogens with zero attached hydrogens (tertiary/aromatic N) is 2. The van der Waals surface area contributed by atoms with E-state index in [9.17, 15) is 4.79 Å². The van der Waals surface area contributed by atoms with Crippen LogP contribution >= 0.6 is 0 Å². The SMILES string of the molecule is NC(N)=NCCC[C@H](N)C(=O)N=C(N)N. The van der Waals surface area contributed by atoms with Gasteiger partial charge < -0.3 is 28.7 Å². The molecule has 0 aliphatic heterocycles. The van der Waals surface area contributed by atoms with Crippen LogP contribution < -0.4 is 28.7 Å². The van der Waals surface area contributed by atoms with Crippen LogP contribution in [-0.2, 0) is 4.79 Å². The molecule has 0 spiro atoms. The summed E-state index contributed by atoms with van der Waals surface area (Å²) in [5.41, 5.74) is 25.8. The van der Waals surface area contributed by atoms with Crippen LogP contribution in [0.3, 0.4) is 0 Å². The van der Waals surface area contributed by atoms with Gasteiger partial charge in [0, 0.05) is 6.54 Å². The summed E-state index contributed by atoms with van der Waals surface area (Å²) in [6.45, 7) is 0.422. The smallest absolute Gasteiger partial charge is 0.265 e. The monoisotopic (exact) mass is 215 g/mol. The highest BCUT2D eigenvalue weighted by molar-refractivity contribution is 5.94. The lowest BCUT2D eigenvalue weighted by molar-refractivity contribution is -0.119. The molecule has 8 nitrogen and oxygen atoms in total. The molecule has 0 aromatic heterocycles. The molecule has 1 atom stereocenters. The van der Waals surface area contributed by atoms with Gasteiger partial charge >= 0.3 is 0 Å². The number of amides is 1. The van der Waals surface area contributed by atoms with Crippen molar-refractivity contribution in [3.8, 4) is 0 Å². The molecular formula is C7H17N7O. The van der Waals surface area contributed by atoms with Gasteiger partial charge in [0.05, 0.1) is 6.04 Å². The molecule has 8 heteroatoms. The third-order valence-corrected chi connectivity index (χ3v) is 1.52. The fourth-order valence-corrected chi connectivity index (χ4v) is 0.853. The van der Waals surface area contributed by atoms with Crippen LogP contribution in [-0.4, -0.2) is 30.4 Å². The Bertz CT molecular complexity index is 265. The molecule has 0 aromatic carbocycles. The van der Waals surface area contributed by atoms with Crippen molar-refractivity contribution in [2.75, 3.05) is 6.54 Å². The Morgan fingerprint density at radius 3 is 2.20 bits per heavy atom. The van der Waals surface area contributed by atoms with Crippen LogP contribution in [0.1, 0.15) is 12.8 Å². The minimum Gasteiger partial charge on any atom is -0.370 e. The molecular weight excluding hydrogens is 198 g/mol. The Morgan fingerprint density at radius 2 is 1.73 bits per heavy atom. The first-order valence-corrected chi connectivity index (χ1v) is 4.38. The molecule has 0 bridgehead atoms. The molecule has 0 saturated heterocycles. The zero-order valence-electron chi connectivity index (χ0n) is 8.39. The third kappa shape index (κ3) is 7.26. The van der Waals surface area contributed by atoms with Gasteiger partial charge in [-0.3, -0.25) is 9.79 Å². The van der Waals surface area contributed by atoms with Gasteiger partial charge in [-0.15, -0.1) is 0 Å². The second kappa shape index (κ2) is 6.60. The fraction of sp³-hybridized carbons (Fsp3) is 0.571. The lowest BCUT2D eigenvalue weighted by Crippen LogP contribution is -2.33. The van der Waals surface area contributed by atoms with Gasteiger partial charge in [-0.1, -0.05) is 0 Å². The molecule has 0 heterocycles. The molecule has 86 valence electrons. The van der Waals surface area contributed by atoms with Gasteiger partial charge in [-0.2, -0.15) is 4.99 Å². The highest BCUT2D eigenvalue weighted by Crippen LogP contribution is 1.97. The second-order valence-corrected chi connectivity index (χ2v) is 2.93. The summed E-state index contributed by atoms with van der Waals surface area (Å²) in [6, 6.07) is -0.721. The van der Waals surface area contributed by atoms with E-state index in [0.29, 0.717) is 19.4 Å². The molecule has 0 saturated carbocycles. The van der Waals surface area contributed by atoms with Crippen molar-refractivity contribution in [1.82, 2.24) is 0 Å². The van der Waals surface area contributed by atoms with Crippen molar-refractivity contribution in [1.29, 1.82) is 0 Å². The average molecular weight is 215 g/mol. The lowest BCUT2D eigenvalue weighted by Gasteiger charge is -2.05. The quantitative estimate of drug-likeness (QED) is 0.188. The standard InChI is InChI=1S/C7H17N7O/c8-4(5(15)14-7(11)12)2-1-3-13-6(9)10/h4H,1-3,8H2,(H4,9,10,13)(H4,11,12,14,15)/t4-/m0/s1. The van der Waals surface area contributed by atoms with E-state index < -0.39 is 11.9 Å². The molecule has 0 aromatic rings. The van der Waals surface area contributed by atoms with Crippen LogP contribution in [0.5, 0.6) is 0 Å². The molecule has 0 rings (SSSR count). The topological polar surface area (TPSA) is 172 Å². The second-order valence-electron chi connectivity index (χ2n) is 2.93. The van der Waals surface area contributed by atoms with Gasteiger partial charge in [0.1, 0.15) is 0 Å². The first-order chi connectivity index (χ1) is 6.93. The van der Waals surface area contributed by atoms with Gasteiger partial charge in [-0.25, -0.2) is 0 Å². The Kier molecular flexibility index (Phi) is 5.79. The normalized spacial score (nSPS) is 11.5. The van der Waals surface area contributed by atoms with E-state index in [-0.39, 0.29) is 11.9 Å². The van der Waals surface area contributed by atoms with Crippen LogP contribution in [0.25, 0.3) is 0 Å². The summed E-state index contributed by atoms with van der Waals surface area (Å²) in [5, 5.41) is 0. The molecule has 1 amide bonds. The molecule has 0 fully saturated rings. The van der Waals surface area contributed by atoms with Gasteiger partial charge in [0.15, 0.2) is 11.9 Å². The number of guanidine groups is 2. The predicted octanol–water partition coefficient (Wildman–Crippen LogP) is -2.83. The summed E-state index contributed by atoms with van der Waals surface area (Å²) in [4.78, 5) is 18.2. The van der Waals surface area contributed by atoms with Crippen LogP contribution in [0.2, 0.25) is 0 Å². The van der Waals surface area contributed by atoms with Crippen molar-refractivity contribution < 1.29 is 4.79 Å². The molecule has 0 radical (unpaired) electrons. The number of hydrogen-bond acceptors (Lipinski definition) is 3. The van der Waals surface area contributed by atoms with Crippen LogP contribution in [0.15, 0.2) is 9.98 Å². The summed E-state index contributed by atoms with van der Waals surface area (Å²) < 4.78 is 0. The number of aliphatic imine (C=N–C) groups is 2. The minimum absolute atomic E-state index is 0.0131. The Balaban J connectivity index is 3.84. The summed E-state index contributed by atoms with van der Waals surface area (Å²) in [5.74, 6) is -0.821. The van der Waals surface area contributed by atoms with Crippen molar-refractivity contribution in [2.45, 2.75) is 18.9 Å². The Morgan fingerprint density at radius 1 is 1.13 bits per heavy atom. The molecule has 0 unspecified atom stereocenters. The molecule has 0 aliphatic rings. The van der Waals surface area contributed by atoms with Gasteiger partial charge in [0.2, 0.25) is 0 Å². The zero-order valence-corrected chi connectivity index (χ0v) is 8.39. The van der Waals surface area contributed by atoms with E-state index >= 15 is 0 Å². The predicted molar refractivity (Wildman–Crippen MR) is 58.7 cm³/mol. The molecule has 10 N–H and O–H groups in total.